The van der Waals surface area contributed by atoms with Gasteiger partial charge in [0.2, 0.25) is 0 Å². The Balaban J connectivity index is 1.22. The Morgan fingerprint density at radius 3 is 1.45 bits per heavy atom. The fraction of sp³-hybridized carbons (Fsp3) is 0.806. The van der Waals surface area contributed by atoms with Crippen LogP contribution in [0.3, 0.4) is 0 Å². The molecule has 0 amide bonds. The molecule has 2 aliphatic rings. The van der Waals surface area contributed by atoms with Crippen molar-refractivity contribution in [2.45, 2.75) is 123 Å². The molecule has 3 rings (SSSR count). The lowest BCUT2D eigenvalue weighted by Crippen LogP contribution is -2.26. The molecule has 2 saturated carbocycles. The van der Waals surface area contributed by atoms with E-state index >= 15 is 0 Å². The molecular formula is C31H52O2. The second-order valence-corrected chi connectivity index (χ2v) is 11.1. The molecule has 2 aliphatic carbocycles. The molecule has 0 aliphatic heterocycles. The highest BCUT2D eigenvalue weighted by Crippen LogP contribution is 2.43. The molecule has 0 radical (unpaired) electrons. The maximum atomic E-state index is 6.00. The second kappa shape index (κ2) is 15.7. The van der Waals surface area contributed by atoms with Gasteiger partial charge in [-0.05, 0) is 92.9 Å². The summed E-state index contributed by atoms with van der Waals surface area (Å²) >= 11 is 0. The second-order valence-electron chi connectivity index (χ2n) is 11.1. The maximum absolute atomic E-state index is 6.00. The quantitative estimate of drug-likeness (QED) is 0.245. The Kier molecular flexibility index (Phi) is 12.5. The van der Waals surface area contributed by atoms with Gasteiger partial charge in [0.25, 0.3) is 0 Å². The van der Waals surface area contributed by atoms with Gasteiger partial charge in [-0.15, -0.1) is 0 Å². The summed E-state index contributed by atoms with van der Waals surface area (Å²) in [6.45, 7) is 6.21. The van der Waals surface area contributed by atoms with E-state index in [1.165, 1.54) is 103 Å². The number of ether oxygens (including phenoxy) is 2. The Labute approximate surface area is 205 Å². The van der Waals surface area contributed by atoms with Crippen molar-refractivity contribution in [3.63, 3.8) is 0 Å². The lowest BCUT2D eigenvalue weighted by atomic mass is 9.68. The molecule has 1 aromatic carbocycles. The molecule has 0 bridgehead atoms. The normalized spacial score (nSPS) is 25.6. The van der Waals surface area contributed by atoms with Gasteiger partial charge in [0.1, 0.15) is 11.5 Å². The van der Waals surface area contributed by atoms with Crippen LogP contribution in [0.25, 0.3) is 0 Å². The molecule has 0 atom stereocenters. The van der Waals surface area contributed by atoms with Crippen molar-refractivity contribution in [1.82, 2.24) is 0 Å². The van der Waals surface area contributed by atoms with Crippen molar-refractivity contribution >= 4 is 0 Å². The lowest BCUT2D eigenvalue weighted by molar-refractivity contribution is 0.138. The van der Waals surface area contributed by atoms with Gasteiger partial charge < -0.3 is 9.47 Å². The van der Waals surface area contributed by atoms with Crippen molar-refractivity contribution < 1.29 is 9.47 Å². The van der Waals surface area contributed by atoms with E-state index in [2.05, 4.69) is 26.0 Å². The zero-order valence-electron chi connectivity index (χ0n) is 21.9. The smallest absolute Gasteiger partial charge is 0.119 e. The molecule has 0 heterocycles. The number of benzene rings is 1. The van der Waals surface area contributed by atoms with Crippen LogP contribution in [0, 0.1) is 23.7 Å². The molecule has 2 fully saturated rings. The largest absolute Gasteiger partial charge is 0.494 e. The van der Waals surface area contributed by atoms with Crippen LogP contribution in [0.15, 0.2) is 24.3 Å². The summed E-state index contributed by atoms with van der Waals surface area (Å²) in [7, 11) is 0. The van der Waals surface area contributed by atoms with Crippen LogP contribution in [0.2, 0.25) is 0 Å². The molecule has 0 aromatic heterocycles. The first kappa shape index (κ1) is 26.4. The van der Waals surface area contributed by atoms with Gasteiger partial charge in [0, 0.05) is 0 Å². The molecule has 0 saturated heterocycles. The van der Waals surface area contributed by atoms with E-state index in [-0.39, 0.29) is 0 Å². The topological polar surface area (TPSA) is 18.5 Å². The molecular weight excluding hydrogens is 404 g/mol. The van der Waals surface area contributed by atoms with Crippen LogP contribution in [-0.2, 0) is 0 Å². The standard InChI is InChI=1S/C31H52O2/c1-3-5-7-10-26-12-16-28(17-13-26)29-18-14-27(15-19-29)11-9-25-33-31-22-20-30(21-23-31)32-24-8-6-4-2/h20-23,26-29H,3-19,24-25H2,1-2H3/t26-,27?,28-,29?. The Bertz CT molecular complexity index is 594. The highest BCUT2D eigenvalue weighted by molar-refractivity contribution is 5.31. The Hall–Kier alpha value is -1.18. The summed E-state index contributed by atoms with van der Waals surface area (Å²) in [6.07, 6.45) is 24.0. The van der Waals surface area contributed by atoms with Crippen LogP contribution >= 0.6 is 0 Å². The molecule has 0 N–H and O–H groups in total. The highest BCUT2D eigenvalue weighted by atomic mass is 16.5. The first-order chi connectivity index (χ1) is 16.3. The van der Waals surface area contributed by atoms with Gasteiger partial charge in [-0.1, -0.05) is 78.1 Å². The summed E-state index contributed by atoms with van der Waals surface area (Å²) in [4.78, 5) is 0. The lowest BCUT2D eigenvalue weighted by Gasteiger charge is -2.38. The monoisotopic (exact) mass is 456 g/mol. The van der Waals surface area contributed by atoms with E-state index in [4.69, 9.17) is 9.47 Å². The summed E-state index contributed by atoms with van der Waals surface area (Å²) < 4.78 is 11.8. The van der Waals surface area contributed by atoms with Gasteiger partial charge in [-0.25, -0.2) is 0 Å². The minimum atomic E-state index is 0.816. The van der Waals surface area contributed by atoms with Gasteiger partial charge in [-0.2, -0.15) is 0 Å². The third kappa shape index (κ3) is 9.91. The predicted octanol–water partition coefficient (Wildman–Crippen LogP) is 9.61. The molecule has 1 aromatic rings. The van der Waals surface area contributed by atoms with Crippen LogP contribution in [0.5, 0.6) is 11.5 Å². The summed E-state index contributed by atoms with van der Waals surface area (Å²) in [6, 6.07) is 8.19. The van der Waals surface area contributed by atoms with E-state index < -0.39 is 0 Å². The molecule has 33 heavy (non-hydrogen) atoms. The van der Waals surface area contributed by atoms with Crippen molar-refractivity contribution in [1.29, 1.82) is 0 Å². The fourth-order valence-corrected chi connectivity index (χ4v) is 6.32. The first-order valence-electron chi connectivity index (χ1n) is 14.6. The average molecular weight is 457 g/mol. The van der Waals surface area contributed by atoms with Gasteiger partial charge in [0.15, 0.2) is 0 Å². The summed E-state index contributed by atoms with van der Waals surface area (Å²) in [5, 5.41) is 0. The van der Waals surface area contributed by atoms with Crippen molar-refractivity contribution in [2.75, 3.05) is 13.2 Å². The number of hydrogen-bond donors (Lipinski definition) is 0. The number of rotatable bonds is 15. The van der Waals surface area contributed by atoms with E-state index in [1.807, 2.05) is 12.1 Å². The van der Waals surface area contributed by atoms with Gasteiger partial charge in [0.05, 0.1) is 13.2 Å². The van der Waals surface area contributed by atoms with Crippen LogP contribution in [0.4, 0.5) is 0 Å². The zero-order chi connectivity index (χ0) is 23.1. The van der Waals surface area contributed by atoms with Crippen molar-refractivity contribution in [2.24, 2.45) is 23.7 Å². The van der Waals surface area contributed by atoms with Crippen molar-refractivity contribution in [3.05, 3.63) is 24.3 Å². The SMILES string of the molecule is CCCCCOc1ccc(OCCCC2CCC([C@H]3CC[C@H](CCCCC)CC3)CC2)cc1. The van der Waals surface area contributed by atoms with Crippen LogP contribution < -0.4 is 9.47 Å². The maximum Gasteiger partial charge on any atom is 0.119 e. The van der Waals surface area contributed by atoms with Crippen LogP contribution in [-0.4, -0.2) is 13.2 Å². The number of hydrogen-bond acceptors (Lipinski definition) is 2. The number of unbranched alkanes of at least 4 members (excludes halogenated alkanes) is 4. The predicted molar refractivity (Wildman–Crippen MR) is 141 cm³/mol. The Morgan fingerprint density at radius 1 is 0.545 bits per heavy atom. The van der Waals surface area contributed by atoms with Crippen molar-refractivity contribution in [3.8, 4) is 11.5 Å². The molecule has 2 nitrogen and oxygen atoms in total. The summed E-state index contributed by atoms with van der Waals surface area (Å²) in [5.41, 5.74) is 0. The van der Waals surface area contributed by atoms with Crippen LogP contribution in [0.1, 0.15) is 123 Å². The van der Waals surface area contributed by atoms with E-state index in [0.717, 1.165) is 54.8 Å². The minimum Gasteiger partial charge on any atom is -0.494 e. The third-order valence-corrected chi connectivity index (χ3v) is 8.53. The zero-order valence-corrected chi connectivity index (χ0v) is 21.9. The summed E-state index contributed by atoms with van der Waals surface area (Å²) in [5.74, 6) is 6.02. The van der Waals surface area contributed by atoms with E-state index in [0.29, 0.717) is 0 Å². The highest BCUT2D eigenvalue weighted by Gasteiger charge is 2.30. The average Bonchev–Trinajstić information content (AvgIpc) is 2.86. The first-order valence-corrected chi connectivity index (χ1v) is 14.6. The minimum absolute atomic E-state index is 0.816. The fourth-order valence-electron chi connectivity index (χ4n) is 6.32. The molecule has 2 heteroatoms. The van der Waals surface area contributed by atoms with E-state index in [9.17, 15) is 0 Å². The van der Waals surface area contributed by atoms with Gasteiger partial charge >= 0.3 is 0 Å². The third-order valence-electron chi connectivity index (χ3n) is 8.53. The molecule has 0 spiro atoms. The van der Waals surface area contributed by atoms with Gasteiger partial charge in [-0.3, -0.25) is 0 Å². The molecule has 0 unspecified atom stereocenters. The molecule has 188 valence electrons. The van der Waals surface area contributed by atoms with E-state index in [1.54, 1.807) is 0 Å². The Morgan fingerprint density at radius 2 is 0.970 bits per heavy atom.